The van der Waals surface area contributed by atoms with Crippen molar-refractivity contribution in [3.05, 3.63) is 48.9 Å². The van der Waals surface area contributed by atoms with Crippen LogP contribution in [0.2, 0.25) is 0 Å². The van der Waals surface area contributed by atoms with Gasteiger partial charge in [-0.05, 0) is 30.0 Å². The fourth-order valence-electron chi connectivity index (χ4n) is 3.05. The summed E-state index contributed by atoms with van der Waals surface area (Å²) in [5.41, 5.74) is 2.41. The van der Waals surface area contributed by atoms with Gasteiger partial charge < -0.3 is 10.6 Å². The largest absolute Gasteiger partial charge is 0.344 e. The molecular weight excluding hydrogens is 366 g/mol. The Hall–Kier alpha value is -3.22. The molecule has 3 aromatic rings. The molecule has 152 valence electrons. The number of nitrogens with one attached hydrogen (secondary N) is 2. The number of hydrogen-bond acceptors (Lipinski definition) is 4. The van der Waals surface area contributed by atoms with Crippen molar-refractivity contribution in [1.82, 2.24) is 19.7 Å². The van der Waals surface area contributed by atoms with Gasteiger partial charge in [-0.25, -0.2) is 9.97 Å². The second kappa shape index (κ2) is 8.86. The summed E-state index contributed by atoms with van der Waals surface area (Å²) in [7, 11) is 0. The van der Waals surface area contributed by atoms with Crippen molar-refractivity contribution in [2.24, 2.45) is 11.8 Å². The highest BCUT2D eigenvalue weighted by Crippen LogP contribution is 2.21. The van der Waals surface area contributed by atoms with Crippen molar-refractivity contribution in [3.8, 4) is 11.3 Å². The summed E-state index contributed by atoms with van der Waals surface area (Å²) in [5, 5.41) is 5.74. The maximum Gasteiger partial charge on any atom is 0.247 e. The molecule has 7 nitrogen and oxygen atoms in total. The van der Waals surface area contributed by atoms with Crippen LogP contribution < -0.4 is 10.6 Å². The van der Waals surface area contributed by atoms with Gasteiger partial charge in [-0.3, -0.25) is 14.0 Å². The van der Waals surface area contributed by atoms with Crippen LogP contribution in [0.15, 0.2) is 48.9 Å². The summed E-state index contributed by atoms with van der Waals surface area (Å²) in [6.07, 6.45) is 5.91. The maximum atomic E-state index is 12.7. The van der Waals surface area contributed by atoms with Crippen LogP contribution in [0.1, 0.15) is 34.1 Å². The molecule has 0 aliphatic rings. The second-order valence-electron chi connectivity index (χ2n) is 7.91. The Balaban J connectivity index is 1.68. The first-order valence-corrected chi connectivity index (χ1v) is 9.84. The van der Waals surface area contributed by atoms with E-state index in [0.717, 1.165) is 11.3 Å². The first kappa shape index (κ1) is 20.5. The first-order chi connectivity index (χ1) is 13.8. The highest BCUT2D eigenvalue weighted by molar-refractivity contribution is 5.97. The zero-order valence-corrected chi connectivity index (χ0v) is 17.2. The monoisotopic (exact) mass is 393 g/mol. The van der Waals surface area contributed by atoms with E-state index in [2.05, 4.69) is 20.6 Å². The van der Waals surface area contributed by atoms with E-state index in [9.17, 15) is 9.59 Å². The van der Waals surface area contributed by atoms with Crippen molar-refractivity contribution in [3.63, 3.8) is 0 Å². The van der Waals surface area contributed by atoms with Crippen LogP contribution in [-0.2, 0) is 9.59 Å². The molecule has 1 unspecified atom stereocenters. The second-order valence-corrected chi connectivity index (χ2v) is 7.91. The smallest absolute Gasteiger partial charge is 0.247 e. The highest BCUT2D eigenvalue weighted by atomic mass is 16.2. The molecule has 2 N–H and O–H groups in total. The molecule has 2 aromatic heterocycles. The summed E-state index contributed by atoms with van der Waals surface area (Å²) in [6.45, 7) is 7.79. The molecular formula is C22H27N5O2. The van der Waals surface area contributed by atoms with E-state index in [4.69, 9.17) is 0 Å². The molecule has 0 bridgehead atoms. The number of amides is 2. The fraction of sp³-hybridized carbons (Fsp3) is 0.364. The molecule has 2 heterocycles. The molecule has 0 fully saturated rings. The summed E-state index contributed by atoms with van der Waals surface area (Å²) in [4.78, 5) is 33.5. The van der Waals surface area contributed by atoms with Gasteiger partial charge in [0, 0.05) is 36.3 Å². The number of aromatic nitrogens is 3. The lowest BCUT2D eigenvalue weighted by atomic mass is 10.0. The molecule has 0 spiro atoms. The van der Waals surface area contributed by atoms with Gasteiger partial charge in [0.2, 0.25) is 17.6 Å². The lowest BCUT2D eigenvalue weighted by Crippen LogP contribution is -2.47. The normalized spacial score (nSPS) is 12.3. The molecule has 1 atom stereocenters. The maximum absolute atomic E-state index is 12.7. The van der Waals surface area contributed by atoms with Gasteiger partial charge in [-0.2, -0.15) is 0 Å². The van der Waals surface area contributed by atoms with Crippen molar-refractivity contribution < 1.29 is 9.59 Å². The molecule has 0 saturated carbocycles. The Morgan fingerprint density at radius 1 is 1.10 bits per heavy atom. The standard InChI is InChI=1S/C22H27N5O2/c1-14(2)12-19(28)26-20(15(3)4)21(29)24-17-8-6-16(7-9-17)18-13-27-11-5-10-23-22(27)25-18/h5-11,13-15,20H,12H2,1-4H3,(H,24,29)(H,26,28). The number of hydrogen-bond donors (Lipinski definition) is 2. The number of carbonyl (C=O) groups is 2. The summed E-state index contributed by atoms with van der Waals surface area (Å²) in [5.74, 6) is 0.535. The molecule has 1 aromatic carbocycles. The molecule has 0 radical (unpaired) electrons. The van der Waals surface area contributed by atoms with Crippen LogP contribution in [0.5, 0.6) is 0 Å². The number of imidazole rings is 1. The third-order valence-corrected chi connectivity index (χ3v) is 4.54. The van der Waals surface area contributed by atoms with Crippen LogP contribution in [0, 0.1) is 11.8 Å². The number of nitrogens with zero attached hydrogens (tertiary/aromatic N) is 3. The van der Waals surface area contributed by atoms with E-state index in [1.807, 2.05) is 74.8 Å². The zero-order chi connectivity index (χ0) is 21.0. The Labute approximate surface area is 170 Å². The van der Waals surface area contributed by atoms with Crippen molar-refractivity contribution in [2.75, 3.05) is 5.32 Å². The SMILES string of the molecule is CC(C)CC(=O)NC(C(=O)Nc1ccc(-c2cn3cccnc3n2)cc1)C(C)C. The van der Waals surface area contributed by atoms with Crippen molar-refractivity contribution in [2.45, 2.75) is 40.2 Å². The number of carbonyl (C=O) groups excluding carboxylic acids is 2. The molecule has 0 aliphatic carbocycles. The van der Waals surface area contributed by atoms with Crippen LogP contribution in [0.25, 0.3) is 17.0 Å². The molecule has 2 amide bonds. The van der Waals surface area contributed by atoms with E-state index in [1.165, 1.54) is 0 Å². The third-order valence-electron chi connectivity index (χ3n) is 4.54. The van der Waals surface area contributed by atoms with E-state index in [0.29, 0.717) is 17.9 Å². The van der Waals surface area contributed by atoms with Gasteiger partial charge >= 0.3 is 0 Å². The summed E-state index contributed by atoms with van der Waals surface area (Å²) < 4.78 is 1.86. The van der Waals surface area contributed by atoms with Gasteiger partial charge in [0.25, 0.3) is 0 Å². The minimum Gasteiger partial charge on any atom is -0.344 e. The Morgan fingerprint density at radius 3 is 2.45 bits per heavy atom. The van der Waals surface area contributed by atoms with Gasteiger partial charge in [0.1, 0.15) is 6.04 Å². The van der Waals surface area contributed by atoms with Crippen LogP contribution in [0.4, 0.5) is 5.69 Å². The van der Waals surface area contributed by atoms with Crippen molar-refractivity contribution >= 4 is 23.3 Å². The molecule has 29 heavy (non-hydrogen) atoms. The molecule has 7 heteroatoms. The van der Waals surface area contributed by atoms with E-state index < -0.39 is 6.04 Å². The molecule has 0 saturated heterocycles. The lowest BCUT2D eigenvalue weighted by Gasteiger charge is -2.22. The molecule has 3 rings (SSSR count). The zero-order valence-electron chi connectivity index (χ0n) is 17.2. The first-order valence-electron chi connectivity index (χ1n) is 9.84. The van der Waals surface area contributed by atoms with Crippen LogP contribution in [0.3, 0.4) is 0 Å². The quantitative estimate of drug-likeness (QED) is 0.643. The van der Waals surface area contributed by atoms with Gasteiger partial charge in [-0.15, -0.1) is 0 Å². The van der Waals surface area contributed by atoms with E-state index in [-0.39, 0.29) is 23.7 Å². The topological polar surface area (TPSA) is 88.4 Å². The minimum absolute atomic E-state index is 0.0177. The molecule has 0 aliphatic heterocycles. The van der Waals surface area contributed by atoms with E-state index >= 15 is 0 Å². The fourth-order valence-corrected chi connectivity index (χ4v) is 3.05. The third kappa shape index (κ3) is 5.19. The Kier molecular flexibility index (Phi) is 6.26. The number of anilines is 1. The summed E-state index contributed by atoms with van der Waals surface area (Å²) >= 11 is 0. The van der Waals surface area contributed by atoms with Crippen molar-refractivity contribution in [1.29, 1.82) is 0 Å². The Bertz CT molecular complexity index is 959. The Morgan fingerprint density at radius 2 is 1.83 bits per heavy atom. The lowest BCUT2D eigenvalue weighted by molar-refractivity contribution is -0.127. The van der Waals surface area contributed by atoms with E-state index in [1.54, 1.807) is 6.20 Å². The summed E-state index contributed by atoms with van der Waals surface area (Å²) in [6, 6.07) is 8.74. The number of benzene rings is 1. The average molecular weight is 393 g/mol. The van der Waals surface area contributed by atoms with Crippen LogP contribution >= 0.6 is 0 Å². The average Bonchev–Trinajstić information content (AvgIpc) is 3.10. The van der Waals surface area contributed by atoms with Crippen LogP contribution in [-0.4, -0.2) is 32.2 Å². The number of fused-ring (bicyclic) bond motifs is 1. The predicted molar refractivity (Wildman–Crippen MR) is 113 cm³/mol. The number of rotatable bonds is 7. The van der Waals surface area contributed by atoms with Gasteiger partial charge in [-0.1, -0.05) is 39.8 Å². The predicted octanol–water partition coefficient (Wildman–Crippen LogP) is 3.52. The minimum atomic E-state index is -0.578. The van der Waals surface area contributed by atoms with Gasteiger partial charge in [0.15, 0.2) is 0 Å². The highest BCUT2D eigenvalue weighted by Gasteiger charge is 2.24. The van der Waals surface area contributed by atoms with Gasteiger partial charge in [0.05, 0.1) is 5.69 Å².